The van der Waals surface area contributed by atoms with Gasteiger partial charge in [0.15, 0.2) is 6.10 Å². The Balaban J connectivity index is 1.49. The molecule has 1 unspecified atom stereocenters. The Morgan fingerprint density at radius 2 is 1.97 bits per heavy atom. The normalized spacial score (nSPS) is 24.3. The molecule has 1 fully saturated rings. The summed E-state index contributed by atoms with van der Waals surface area (Å²) >= 11 is 0. The molecule has 1 aromatic rings. The van der Waals surface area contributed by atoms with Gasteiger partial charge in [0.25, 0.3) is 5.92 Å². The lowest BCUT2D eigenvalue weighted by Gasteiger charge is -2.28. The highest BCUT2D eigenvalue weighted by Gasteiger charge is 2.43. The van der Waals surface area contributed by atoms with Crippen LogP contribution in [0.3, 0.4) is 0 Å². The number of aliphatic hydroxyl groups excluding tert-OH is 1. The number of cyclic esters (lactones) is 1. The second kappa shape index (κ2) is 8.70. The Labute approximate surface area is 183 Å². The van der Waals surface area contributed by atoms with Crippen LogP contribution in [0.15, 0.2) is 47.3 Å². The molecule has 0 bridgehead atoms. The van der Waals surface area contributed by atoms with Crippen molar-refractivity contribution >= 4 is 23.3 Å². The van der Waals surface area contributed by atoms with E-state index < -0.39 is 24.5 Å². The maximum absolute atomic E-state index is 15.0. The third-order valence-corrected chi connectivity index (χ3v) is 5.50. The summed E-state index contributed by atoms with van der Waals surface area (Å²) in [5.74, 6) is -3.44. The van der Waals surface area contributed by atoms with Gasteiger partial charge in [-0.1, -0.05) is 35.5 Å². The Kier molecular flexibility index (Phi) is 5.96. The Morgan fingerprint density at radius 1 is 1.25 bits per heavy atom. The SMILES string of the molecule is CC(=O)NC[C@H]1CN(C2=CC=C(c3ccc(C4=NOC(CO)C4)cc3)C(F)(F)C2)C(=O)O1. The fourth-order valence-corrected chi connectivity index (χ4v) is 3.83. The van der Waals surface area contributed by atoms with Crippen LogP contribution < -0.4 is 5.32 Å². The van der Waals surface area contributed by atoms with Crippen molar-refractivity contribution in [3.63, 3.8) is 0 Å². The van der Waals surface area contributed by atoms with Crippen LogP contribution in [0.2, 0.25) is 0 Å². The number of alkyl halides is 2. The summed E-state index contributed by atoms with van der Waals surface area (Å²) in [5.41, 5.74) is 1.78. The zero-order chi connectivity index (χ0) is 22.9. The summed E-state index contributed by atoms with van der Waals surface area (Å²) in [5, 5.41) is 15.6. The molecule has 8 nitrogen and oxygen atoms in total. The molecule has 0 spiro atoms. The molecule has 2 aliphatic heterocycles. The van der Waals surface area contributed by atoms with Crippen molar-refractivity contribution in [2.45, 2.75) is 37.9 Å². The molecule has 4 rings (SSSR count). The average Bonchev–Trinajstić information content (AvgIpc) is 3.38. The Morgan fingerprint density at radius 3 is 2.59 bits per heavy atom. The van der Waals surface area contributed by atoms with Crippen molar-refractivity contribution < 1.29 is 33.1 Å². The van der Waals surface area contributed by atoms with Gasteiger partial charge in [-0.25, -0.2) is 13.6 Å². The monoisotopic (exact) mass is 447 g/mol. The largest absolute Gasteiger partial charge is 0.442 e. The number of benzene rings is 1. The van der Waals surface area contributed by atoms with Gasteiger partial charge in [-0.15, -0.1) is 0 Å². The molecule has 1 aliphatic carbocycles. The van der Waals surface area contributed by atoms with Gasteiger partial charge in [0.05, 0.1) is 31.8 Å². The number of allylic oxidation sites excluding steroid dienone is 4. The molecule has 10 heteroatoms. The number of hydrogen-bond acceptors (Lipinski definition) is 6. The lowest BCUT2D eigenvalue weighted by molar-refractivity contribution is -0.119. The molecule has 0 saturated carbocycles. The van der Waals surface area contributed by atoms with E-state index >= 15 is 8.78 Å². The molecule has 2 atom stereocenters. The molecular weight excluding hydrogens is 424 g/mol. The summed E-state index contributed by atoms with van der Waals surface area (Å²) < 4.78 is 35.2. The molecule has 1 saturated heterocycles. The molecule has 32 heavy (non-hydrogen) atoms. The van der Waals surface area contributed by atoms with Gasteiger partial charge >= 0.3 is 6.09 Å². The van der Waals surface area contributed by atoms with Crippen LogP contribution in [-0.4, -0.2) is 65.5 Å². The number of ether oxygens (including phenoxy) is 1. The van der Waals surface area contributed by atoms with Gasteiger partial charge in [0, 0.05) is 24.6 Å². The molecule has 3 aliphatic rings. The first-order valence-corrected chi connectivity index (χ1v) is 10.2. The number of carbonyl (C=O) groups is 2. The number of amides is 2. The van der Waals surface area contributed by atoms with Crippen LogP contribution in [0, 0.1) is 0 Å². The van der Waals surface area contributed by atoms with E-state index in [0.717, 1.165) is 5.56 Å². The number of nitrogens with zero attached hydrogens (tertiary/aromatic N) is 2. The second-order valence-corrected chi connectivity index (χ2v) is 7.90. The number of aliphatic hydroxyl groups is 1. The average molecular weight is 447 g/mol. The van der Waals surface area contributed by atoms with E-state index in [4.69, 9.17) is 14.7 Å². The van der Waals surface area contributed by atoms with E-state index in [0.29, 0.717) is 17.7 Å². The number of nitrogens with one attached hydrogen (secondary N) is 1. The minimum absolute atomic E-state index is 0.0952. The number of oxime groups is 1. The van der Waals surface area contributed by atoms with E-state index in [9.17, 15) is 9.59 Å². The maximum Gasteiger partial charge on any atom is 0.414 e. The summed E-state index contributed by atoms with van der Waals surface area (Å²) in [6, 6.07) is 6.57. The van der Waals surface area contributed by atoms with Crippen LogP contribution in [-0.2, 0) is 14.4 Å². The van der Waals surface area contributed by atoms with Gasteiger partial charge < -0.3 is 20.0 Å². The zero-order valence-corrected chi connectivity index (χ0v) is 17.4. The standard InChI is InChI=1S/C22H23F2N3O5/c1-13(29)25-10-18-11-27(21(30)31-18)16-6-7-19(22(23,24)9-16)14-2-4-15(5-3-14)20-8-17(12-28)32-26-20/h2-7,17-18,28H,8-12H2,1H3,(H,25,29)/t17?,18-/m0/s1. The van der Waals surface area contributed by atoms with Crippen LogP contribution in [0.25, 0.3) is 5.57 Å². The van der Waals surface area contributed by atoms with E-state index in [-0.39, 0.29) is 43.0 Å². The summed E-state index contributed by atoms with van der Waals surface area (Å²) in [6.45, 7) is 1.43. The minimum Gasteiger partial charge on any atom is -0.442 e. The first kappa shape index (κ1) is 21.9. The molecular formula is C22H23F2N3O5. The van der Waals surface area contributed by atoms with Gasteiger partial charge in [0.1, 0.15) is 6.10 Å². The predicted molar refractivity (Wildman–Crippen MR) is 111 cm³/mol. The van der Waals surface area contributed by atoms with E-state index in [1.807, 2.05) is 0 Å². The van der Waals surface area contributed by atoms with Gasteiger partial charge in [-0.05, 0) is 17.2 Å². The quantitative estimate of drug-likeness (QED) is 0.698. The Hall–Kier alpha value is -3.27. The van der Waals surface area contributed by atoms with Crippen molar-refractivity contribution in [2.75, 3.05) is 19.7 Å². The number of rotatable bonds is 6. The van der Waals surface area contributed by atoms with Crippen LogP contribution in [0.4, 0.5) is 13.6 Å². The third-order valence-electron chi connectivity index (χ3n) is 5.50. The fraction of sp³-hybridized carbons (Fsp3) is 0.409. The topological polar surface area (TPSA) is 100 Å². The van der Waals surface area contributed by atoms with Gasteiger partial charge in [-0.2, -0.15) is 0 Å². The van der Waals surface area contributed by atoms with E-state index in [2.05, 4.69) is 10.5 Å². The van der Waals surface area contributed by atoms with E-state index in [1.165, 1.54) is 24.0 Å². The maximum atomic E-state index is 15.0. The number of halogens is 2. The minimum atomic E-state index is -3.18. The molecule has 2 heterocycles. The fourth-order valence-electron chi connectivity index (χ4n) is 3.83. The van der Waals surface area contributed by atoms with Crippen LogP contribution in [0.5, 0.6) is 0 Å². The summed E-state index contributed by atoms with van der Waals surface area (Å²) in [7, 11) is 0. The molecule has 0 radical (unpaired) electrons. The highest BCUT2D eigenvalue weighted by Crippen LogP contribution is 2.42. The predicted octanol–water partition coefficient (Wildman–Crippen LogP) is 2.44. The van der Waals surface area contributed by atoms with Crippen LogP contribution >= 0.6 is 0 Å². The molecule has 1 aromatic carbocycles. The van der Waals surface area contributed by atoms with Crippen LogP contribution in [0.1, 0.15) is 30.9 Å². The summed E-state index contributed by atoms with van der Waals surface area (Å²) in [6.07, 6.45) is 0.963. The van der Waals surface area contributed by atoms with E-state index in [1.54, 1.807) is 24.3 Å². The zero-order valence-electron chi connectivity index (χ0n) is 17.4. The molecule has 2 amide bonds. The summed E-state index contributed by atoms with van der Waals surface area (Å²) in [4.78, 5) is 29.5. The Bertz CT molecular complexity index is 1000. The van der Waals surface area contributed by atoms with Crippen molar-refractivity contribution in [3.05, 3.63) is 53.2 Å². The highest BCUT2D eigenvalue weighted by atomic mass is 19.3. The van der Waals surface area contributed by atoms with Gasteiger partial charge in [-0.3, -0.25) is 9.69 Å². The molecule has 0 aromatic heterocycles. The number of hydrogen-bond donors (Lipinski definition) is 2. The molecule has 2 N–H and O–H groups in total. The smallest absolute Gasteiger partial charge is 0.414 e. The van der Waals surface area contributed by atoms with Crippen molar-refractivity contribution in [1.82, 2.24) is 10.2 Å². The van der Waals surface area contributed by atoms with Gasteiger partial charge in [0.2, 0.25) is 5.91 Å². The van der Waals surface area contributed by atoms with Crippen molar-refractivity contribution in [3.8, 4) is 0 Å². The first-order chi connectivity index (χ1) is 15.3. The highest BCUT2D eigenvalue weighted by molar-refractivity contribution is 6.01. The van der Waals surface area contributed by atoms with Crippen molar-refractivity contribution in [1.29, 1.82) is 0 Å². The lowest BCUT2D eigenvalue weighted by Crippen LogP contribution is -2.34. The first-order valence-electron chi connectivity index (χ1n) is 10.2. The number of carbonyl (C=O) groups excluding carboxylic acids is 2. The molecule has 170 valence electrons. The lowest BCUT2D eigenvalue weighted by atomic mass is 9.90. The third kappa shape index (κ3) is 4.50. The second-order valence-electron chi connectivity index (χ2n) is 7.90. The van der Waals surface area contributed by atoms with Crippen molar-refractivity contribution in [2.24, 2.45) is 5.16 Å².